The van der Waals surface area contributed by atoms with Crippen LogP contribution in [0.1, 0.15) is 56.3 Å². The first-order chi connectivity index (χ1) is 15.9. The average molecular weight is 478 g/mol. The quantitative estimate of drug-likeness (QED) is 0.459. The Morgan fingerprint density at radius 2 is 1.82 bits per heavy atom. The first-order valence-corrected chi connectivity index (χ1v) is 11.2. The molecule has 1 aliphatic rings. The summed E-state index contributed by atoms with van der Waals surface area (Å²) in [5.41, 5.74) is 1.57. The maximum atomic E-state index is 13.6. The van der Waals surface area contributed by atoms with Crippen molar-refractivity contribution in [2.45, 2.75) is 71.2 Å². The van der Waals surface area contributed by atoms with Crippen LogP contribution in [-0.2, 0) is 23.9 Å². The fraction of sp³-hybridized carbons (Fsp3) is 0.583. The zero-order valence-corrected chi connectivity index (χ0v) is 20.6. The van der Waals surface area contributed by atoms with E-state index in [9.17, 15) is 24.3 Å². The number of rotatable bonds is 9. The van der Waals surface area contributed by atoms with Crippen LogP contribution in [0.2, 0.25) is 0 Å². The summed E-state index contributed by atoms with van der Waals surface area (Å²) in [5.74, 6) is -1.81. The number of hydrogen-bond acceptors (Lipinski definition) is 7. The average Bonchev–Trinajstić information content (AvgIpc) is 3.57. The maximum absolute atomic E-state index is 13.6. The number of benzene rings is 1. The van der Waals surface area contributed by atoms with E-state index in [0.717, 1.165) is 11.1 Å². The second-order valence-corrected chi connectivity index (χ2v) is 9.41. The topological polar surface area (TPSA) is 134 Å². The molecule has 10 nitrogen and oxygen atoms in total. The number of amides is 3. The largest absolute Gasteiger partial charge is 0.468 e. The van der Waals surface area contributed by atoms with Crippen molar-refractivity contribution >= 4 is 23.9 Å². The summed E-state index contributed by atoms with van der Waals surface area (Å²) in [6.45, 7) is 7.76. The molecule has 2 unspecified atom stereocenters. The highest BCUT2D eigenvalue weighted by Gasteiger charge is 2.44. The Morgan fingerprint density at radius 3 is 2.32 bits per heavy atom. The number of methoxy groups -OCH3 is 1. The summed E-state index contributed by atoms with van der Waals surface area (Å²) in [6, 6.07) is 2.87. The van der Waals surface area contributed by atoms with Gasteiger partial charge in [-0.25, -0.2) is 4.79 Å². The van der Waals surface area contributed by atoms with Gasteiger partial charge in [-0.05, 0) is 58.6 Å². The molecule has 2 atom stereocenters. The molecule has 0 spiro atoms. The van der Waals surface area contributed by atoms with Crippen molar-refractivity contribution < 1.29 is 33.8 Å². The highest BCUT2D eigenvalue weighted by molar-refractivity contribution is 5.93. The van der Waals surface area contributed by atoms with Gasteiger partial charge in [0.15, 0.2) is 0 Å². The van der Waals surface area contributed by atoms with E-state index in [1.807, 2.05) is 26.0 Å². The summed E-state index contributed by atoms with van der Waals surface area (Å²) < 4.78 is 9.82. The van der Waals surface area contributed by atoms with Crippen LogP contribution in [0.4, 0.5) is 4.79 Å². The molecule has 3 amide bonds. The predicted octanol–water partition coefficient (Wildman–Crippen LogP) is 1.51. The molecule has 188 valence electrons. The summed E-state index contributed by atoms with van der Waals surface area (Å²) >= 11 is 0. The Morgan fingerprint density at radius 1 is 1.18 bits per heavy atom. The normalized spacial score (nSPS) is 15.0. The summed E-state index contributed by atoms with van der Waals surface area (Å²) in [7, 11) is 1.21. The van der Waals surface area contributed by atoms with E-state index in [4.69, 9.17) is 4.74 Å². The zero-order valence-electron chi connectivity index (χ0n) is 20.6. The minimum absolute atomic E-state index is 0.253. The molecular formula is C24H35N3O7. The summed E-state index contributed by atoms with van der Waals surface area (Å²) in [4.78, 5) is 52.2. The number of nitrogens with one attached hydrogen (secondary N) is 2. The van der Waals surface area contributed by atoms with Crippen molar-refractivity contribution in [3.05, 3.63) is 34.9 Å². The molecule has 10 heteroatoms. The van der Waals surface area contributed by atoms with E-state index < -0.39 is 48.2 Å². The molecular weight excluding hydrogens is 442 g/mol. The van der Waals surface area contributed by atoms with Crippen LogP contribution in [0.15, 0.2) is 18.2 Å². The molecule has 34 heavy (non-hydrogen) atoms. The number of alkyl carbamates (subject to hydrolysis) is 1. The molecule has 1 fully saturated rings. The monoisotopic (exact) mass is 477 g/mol. The molecule has 0 bridgehead atoms. The fourth-order valence-corrected chi connectivity index (χ4v) is 3.56. The van der Waals surface area contributed by atoms with Gasteiger partial charge in [0.2, 0.25) is 11.8 Å². The van der Waals surface area contributed by atoms with Crippen LogP contribution >= 0.6 is 0 Å². The molecule has 0 aromatic heterocycles. The van der Waals surface area contributed by atoms with Gasteiger partial charge in [-0.1, -0.05) is 23.8 Å². The molecule has 3 N–H and O–H groups in total. The number of ether oxygens (including phenoxy) is 2. The molecule has 0 radical (unpaired) electrons. The van der Waals surface area contributed by atoms with E-state index >= 15 is 0 Å². The molecule has 1 saturated carbocycles. The summed E-state index contributed by atoms with van der Waals surface area (Å²) in [6.07, 6.45) is 0.484. The lowest BCUT2D eigenvalue weighted by molar-refractivity contribution is -0.145. The Balaban J connectivity index is 2.41. The van der Waals surface area contributed by atoms with Crippen LogP contribution in [0.3, 0.4) is 0 Å². The Bertz CT molecular complexity index is 922. The third-order valence-corrected chi connectivity index (χ3v) is 5.25. The molecule has 0 saturated heterocycles. The van der Waals surface area contributed by atoms with Gasteiger partial charge in [0.25, 0.3) is 0 Å². The van der Waals surface area contributed by atoms with E-state index in [2.05, 4.69) is 15.4 Å². The van der Waals surface area contributed by atoms with Gasteiger partial charge >= 0.3 is 12.1 Å². The summed E-state index contributed by atoms with van der Waals surface area (Å²) in [5, 5.41) is 14.9. The molecule has 1 aliphatic carbocycles. The van der Waals surface area contributed by atoms with E-state index in [1.165, 1.54) is 12.0 Å². The zero-order chi connectivity index (χ0) is 25.6. The molecule has 2 rings (SSSR count). The van der Waals surface area contributed by atoms with E-state index in [1.54, 1.807) is 26.8 Å². The van der Waals surface area contributed by atoms with Gasteiger partial charge in [-0.2, -0.15) is 0 Å². The van der Waals surface area contributed by atoms with Crippen molar-refractivity contribution in [3.8, 4) is 0 Å². The van der Waals surface area contributed by atoms with Gasteiger partial charge in [0, 0.05) is 6.04 Å². The molecule has 1 aromatic carbocycles. The minimum atomic E-state index is -1.31. The van der Waals surface area contributed by atoms with Crippen LogP contribution in [0.5, 0.6) is 0 Å². The number of esters is 1. The molecule has 0 aliphatic heterocycles. The molecule has 1 aromatic rings. The number of carbonyl (C=O) groups is 4. The second kappa shape index (κ2) is 11.3. The van der Waals surface area contributed by atoms with Gasteiger partial charge in [-0.15, -0.1) is 0 Å². The Hall–Kier alpha value is -3.14. The number of aliphatic hydroxyl groups is 1. The predicted molar refractivity (Wildman–Crippen MR) is 124 cm³/mol. The first-order valence-electron chi connectivity index (χ1n) is 11.2. The highest BCUT2D eigenvalue weighted by Crippen LogP contribution is 2.36. The van der Waals surface area contributed by atoms with Crippen molar-refractivity contribution in [2.75, 3.05) is 20.3 Å². The third kappa shape index (κ3) is 7.44. The van der Waals surface area contributed by atoms with Gasteiger partial charge < -0.3 is 30.1 Å². The highest BCUT2D eigenvalue weighted by atomic mass is 16.6. The lowest BCUT2D eigenvalue weighted by Crippen LogP contribution is -2.55. The van der Waals surface area contributed by atoms with Gasteiger partial charge in [0.1, 0.15) is 24.2 Å². The second-order valence-electron chi connectivity index (χ2n) is 9.41. The number of aliphatic hydroxyl groups excluding tert-OH is 1. The van der Waals surface area contributed by atoms with Gasteiger partial charge in [0.05, 0.1) is 13.7 Å². The number of hydrogen-bond donors (Lipinski definition) is 3. The number of carbonyl (C=O) groups excluding carboxylic acids is 4. The third-order valence-electron chi connectivity index (χ3n) is 5.25. The van der Waals surface area contributed by atoms with Crippen molar-refractivity contribution in [2.24, 2.45) is 0 Å². The van der Waals surface area contributed by atoms with E-state index in [0.29, 0.717) is 18.4 Å². The fourth-order valence-electron chi connectivity index (χ4n) is 3.56. The van der Waals surface area contributed by atoms with Gasteiger partial charge in [-0.3, -0.25) is 14.4 Å². The van der Waals surface area contributed by atoms with Crippen LogP contribution in [-0.4, -0.2) is 71.8 Å². The van der Waals surface area contributed by atoms with Crippen LogP contribution in [0.25, 0.3) is 0 Å². The van der Waals surface area contributed by atoms with Crippen LogP contribution < -0.4 is 10.6 Å². The number of nitrogens with zero attached hydrogens (tertiary/aromatic N) is 1. The minimum Gasteiger partial charge on any atom is -0.468 e. The van der Waals surface area contributed by atoms with E-state index in [-0.39, 0.29) is 12.6 Å². The lowest BCUT2D eigenvalue weighted by Gasteiger charge is -2.35. The standard InChI is InChI=1S/C24H35N3O7/c1-14-7-10-17(15(2)11-14)20(21(30)25-12-19(29)33-6)27(16-8-9-16)22(31)18(13-28)26-23(32)34-24(3,4)5/h7,10-11,16,18,20,28H,8-9,12-13H2,1-6H3,(H,25,30)(H,26,32). The lowest BCUT2D eigenvalue weighted by atomic mass is 9.96. The molecule has 0 heterocycles. The van der Waals surface area contributed by atoms with Crippen molar-refractivity contribution in [1.82, 2.24) is 15.5 Å². The maximum Gasteiger partial charge on any atom is 0.408 e. The number of aryl methyl sites for hydroxylation is 2. The van der Waals surface area contributed by atoms with Crippen molar-refractivity contribution in [1.29, 1.82) is 0 Å². The van der Waals surface area contributed by atoms with Crippen molar-refractivity contribution in [3.63, 3.8) is 0 Å². The van der Waals surface area contributed by atoms with Crippen LogP contribution in [0, 0.1) is 13.8 Å². The Labute approximate surface area is 200 Å². The smallest absolute Gasteiger partial charge is 0.408 e. The Kier molecular flexibility index (Phi) is 9.03. The SMILES string of the molecule is COC(=O)CNC(=O)C(c1ccc(C)cc1C)N(C(=O)C(CO)NC(=O)OC(C)(C)C)C1CC1. The first kappa shape index (κ1) is 27.1.